The van der Waals surface area contributed by atoms with Crippen molar-refractivity contribution >= 4 is 51.0 Å². The van der Waals surface area contributed by atoms with Gasteiger partial charge in [0.1, 0.15) is 22.9 Å². The third-order valence-electron chi connectivity index (χ3n) is 5.83. The molecule has 36 heavy (non-hydrogen) atoms. The topological polar surface area (TPSA) is 115 Å². The molecule has 1 aliphatic carbocycles. The second-order valence-corrected chi connectivity index (χ2v) is 9.40. The first-order valence-corrected chi connectivity index (χ1v) is 12.1. The Morgan fingerprint density at radius 3 is 2.64 bits per heavy atom. The van der Waals surface area contributed by atoms with Gasteiger partial charge in [-0.05, 0) is 49.6 Å². The van der Waals surface area contributed by atoms with Crippen LogP contribution in [0.3, 0.4) is 0 Å². The smallest absolute Gasteiger partial charge is 0.339 e. The van der Waals surface area contributed by atoms with Gasteiger partial charge < -0.3 is 19.6 Å². The van der Waals surface area contributed by atoms with Crippen molar-refractivity contribution in [2.45, 2.75) is 32.2 Å². The van der Waals surface area contributed by atoms with Crippen molar-refractivity contribution in [3.63, 3.8) is 0 Å². The molecule has 1 saturated carbocycles. The molecule has 0 unspecified atom stereocenters. The zero-order chi connectivity index (χ0) is 25.0. The van der Waals surface area contributed by atoms with Crippen LogP contribution in [0, 0.1) is 0 Å². The molecule has 0 bridgehead atoms. The van der Waals surface area contributed by atoms with E-state index < -0.39 is 5.63 Å². The summed E-state index contributed by atoms with van der Waals surface area (Å²) >= 11 is 12.5. The summed E-state index contributed by atoms with van der Waals surface area (Å²) in [7, 11) is 0. The monoisotopic (exact) mass is 523 g/mol. The fraction of sp³-hybridized carbons (Fsp3) is 0.200. The molecule has 3 heterocycles. The van der Waals surface area contributed by atoms with Crippen LogP contribution < -0.4 is 15.7 Å². The third-order valence-corrected chi connectivity index (χ3v) is 6.26. The van der Waals surface area contributed by atoms with Crippen LogP contribution in [0.25, 0.3) is 27.7 Å². The fourth-order valence-electron chi connectivity index (χ4n) is 4.02. The predicted octanol–water partition coefficient (Wildman–Crippen LogP) is 5.86. The molecule has 0 amide bonds. The molecule has 3 aromatic heterocycles. The van der Waals surface area contributed by atoms with Gasteiger partial charge in [-0.2, -0.15) is 15.1 Å². The summed E-state index contributed by atoms with van der Waals surface area (Å²) in [6, 6.07) is 11.3. The Labute approximate surface area is 214 Å². The van der Waals surface area contributed by atoms with E-state index in [-0.39, 0.29) is 17.3 Å². The summed E-state index contributed by atoms with van der Waals surface area (Å²) in [5.74, 6) is 0.789. The lowest BCUT2D eigenvalue weighted by Crippen LogP contribution is -2.07. The zero-order valence-corrected chi connectivity index (χ0v) is 20.5. The van der Waals surface area contributed by atoms with Crippen molar-refractivity contribution in [2.24, 2.45) is 0 Å². The number of anilines is 1. The minimum absolute atomic E-state index is 0.0735. The summed E-state index contributed by atoms with van der Waals surface area (Å²) in [6.45, 7) is 2.01. The quantitative estimate of drug-likeness (QED) is 0.265. The van der Waals surface area contributed by atoms with E-state index >= 15 is 0 Å². The first kappa shape index (κ1) is 22.6. The highest BCUT2D eigenvalue weighted by Gasteiger charge is 2.26. The number of nitrogens with one attached hydrogen (secondary N) is 1. The first-order chi connectivity index (χ1) is 17.4. The number of halogens is 2. The van der Waals surface area contributed by atoms with E-state index in [2.05, 4.69) is 15.3 Å². The lowest BCUT2D eigenvalue weighted by atomic mass is 10.2. The Morgan fingerprint density at radius 2 is 1.92 bits per heavy atom. The summed E-state index contributed by atoms with van der Waals surface area (Å²) in [4.78, 5) is 21.0. The molecule has 6 rings (SSSR count). The first-order valence-electron chi connectivity index (χ1n) is 11.4. The van der Waals surface area contributed by atoms with Gasteiger partial charge in [0, 0.05) is 22.2 Å². The van der Waals surface area contributed by atoms with Gasteiger partial charge in [0.2, 0.25) is 0 Å². The lowest BCUT2D eigenvalue weighted by molar-refractivity contribution is 0.442. The van der Waals surface area contributed by atoms with Crippen LogP contribution in [0.2, 0.25) is 10.0 Å². The Bertz CT molecular complexity index is 1690. The Hall–Kier alpha value is -3.82. The maximum Gasteiger partial charge on any atom is 0.339 e. The van der Waals surface area contributed by atoms with Crippen molar-refractivity contribution in [1.29, 1.82) is 0 Å². The number of fused-ring (bicyclic) bond motifs is 2. The average Bonchev–Trinajstić information content (AvgIpc) is 3.55. The van der Waals surface area contributed by atoms with Crippen molar-refractivity contribution in [3.8, 4) is 23.2 Å². The molecule has 5 aromatic rings. The molecular weight excluding hydrogens is 505 g/mol. The molecule has 2 N–H and O–H groups in total. The number of aryl methyl sites for hydroxylation is 1. The molecule has 11 heteroatoms. The van der Waals surface area contributed by atoms with E-state index in [1.807, 2.05) is 6.92 Å². The minimum Gasteiger partial charge on any atom is -0.507 e. The number of aromatic nitrogens is 4. The summed E-state index contributed by atoms with van der Waals surface area (Å²) in [5, 5.41) is 20.4. The second-order valence-electron chi connectivity index (χ2n) is 8.52. The standard InChI is InChI=1S/C25H19Cl2N5O4/c1-2-18-22-23(28-14-3-4-14)29-25(30-24(22)32(31-18)15-8-12(26)7-13(27)9-15)35-16-5-6-17-19(33)11-21(34)36-20(17)10-16/h5-11,14,33H,2-4H2,1H3,(H,28,29,30). The fourth-order valence-corrected chi connectivity index (χ4v) is 4.54. The molecule has 0 aliphatic heterocycles. The molecule has 0 atom stereocenters. The van der Waals surface area contributed by atoms with E-state index in [0.29, 0.717) is 50.8 Å². The molecule has 1 fully saturated rings. The molecule has 0 saturated heterocycles. The van der Waals surface area contributed by atoms with Crippen LogP contribution >= 0.6 is 23.2 Å². The lowest BCUT2D eigenvalue weighted by Gasteiger charge is -2.11. The Balaban J connectivity index is 1.51. The van der Waals surface area contributed by atoms with Crippen molar-refractivity contribution in [3.05, 3.63) is 68.6 Å². The largest absolute Gasteiger partial charge is 0.507 e. The van der Waals surface area contributed by atoms with Crippen LogP contribution in [-0.2, 0) is 6.42 Å². The SMILES string of the molecule is CCc1nn(-c2cc(Cl)cc(Cl)c2)c2nc(Oc3ccc4c(O)cc(=O)oc4c3)nc(NC3CC3)c12. The van der Waals surface area contributed by atoms with E-state index in [0.717, 1.165) is 30.0 Å². The summed E-state index contributed by atoms with van der Waals surface area (Å²) in [5.41, 5.74) is 1.52. The van der Waals surface area contributed by atoms with Crippen LogP contribution in [0.15, 0.2) is 51.7 Å². The Morgan fingerprint density at radius 1 is 1.14 bits per heavy atom. The highest BCUT2D eigenvalue weighted by molar-refractivity contribution is 6.34. The highest BCUT2D eigenvalue weighted by atomic mass is 35.5. The normalized spacial score (nSPS) is 13.4. The van der Waals surface area contributed by atoms with E-state index in [1.165, 1.54) is 6.07 Å². The number of hydrogen-bond donors (Lipinski definition) is 2. The molecule has 2 aromatic carbocycles. The minimum atomic E-state index is -0.665. The van der Waals surface area contributed by atoms with Gasteiger partial charge in [-0.25, -0.2) is 9.48 Å². The number of ether oxygens (including phenoxy) is 1. The van der Waals surface area contributed by atoms with Crippen LogP contribution in [0.4, 0.5) is 5.82 Å². The Kier molecular flexibility index (Phi) is 5.46. The van der Waals surface area contributed by atoms with Gasteiger partial charge in [-0.15, -0.1) is 0 Å². The zero-order valence-electron chi connectivity index (χ0n) is 19.0. The molecule has 0 radical (unpaired) electrons. The van der Waals surface area contributed by atoms with Gasteiger partial charge in [0.05, 0.1) is 28.2 Å². The average molecular weight is 524 g/mol. The van der Waals surface area contributed by atoms with E-state index in [4.69, 9.17) is 37.5 Å². The number of rotatable bonds is 6. The van der Waals surface area contributed by atoms with Crippen LogP contribution in [0.5, 0.6) is 17.5 Å². The molecule has 1 aliphatic rings. The van der Waals surface area contributed by atoms with Gasteiger partial charge in [0.15, 0.2) is 5.65 Å². The summed E-state index contributed by atoms with van der Waals surface area (Å²) < 4.78 is 12.9. The van der Waals surface area contributed by atoms with Crippen LogP contribution in [0.1, 0.15) is 25.5 Å². The van der Waals surface area contributed by atoms with Gasteiger partial charge in [-0.3, -0.25) is 0 Å². The van der Waals surface area contributed by atoms with Gasteiger partial charge >= 0.3 is 11.6 Å². The van der Waals surface area contributed by atoms with Gasteiger partial charge in [0.25, 0.3) is 0 Å². The number of aromatic hydroxyl groups is 1. The number of hydrogen-bond acceptors (Lipinski definition) is 8. The molecular formula is C25H19Cl2N5O4. The summed E-state index contributed by atoms with van der Waals surface area (Å²) in [6.07, 6.45) is 2.76. The maximum absolute atomic E-state index is 11.7. The second kappa shape index (κ2) is 8.69. The number of nitrogens with zero attached hydrogens (tertiary/aromatic N) is 4. The maximum atomic E-state index is 11.7. The van der Waals surface area contributed by atoms with Gasteiger partial charge in [-0.1, -0.05) is 30.1 Å². The molecule has 182 valence electrons. The highest BCUT2D eigenvalue weighted by Crippen LogP contribution is 2.35. The van der Waals surface area contributed by atoms with E-state index in [9.17, 15) is 9.90 Å². The van der Waals surface area contributed by atoms with Crippen molar-refractivity contribution in [1.82, 2.24) is 19.7 Å². The van der Waals surface area contributed by atoms with E-state index in [1.54, 1.807) is 35.0 Å². The predicted molar refractivity (Wildman–Crippen MR) is 137 cm³/mol. The van der Waals surface area contributed by atoms with Crippen molar-refractivity contribution in [2.75, 3.05) is 5.32 Å². The van der Waals surface area contributed by atoms with Crippen LogP contribution in [-0.4, -0.2) is 30.9 Å². The van der Waals surface area contributed by atoms with Crippen molar-refractivity contribution < 1.29 is 14.3 Å². The number of benzene rings is 2. The molecule has 0 spiro atoms. The molecule has 9 nitrogen and oxygen atoms in total. The third kappa shape index (κ3) is 4.20.